The van der Waals surface area contributed by atoms with Crippen LogP contribution < -0.4 is 0 Å². The Morgan fingerprint density at radius 1 is 0.969 bits per heavy atom. The van der Waals surface area contributed by atoms with Crippen molar-refractivity contribution < 1.29 is 19.0 Å². The van der Waals surface area contributed by atoms with Gasteiger partial charge in [0.15, 0.2) is 8.32 Å². The highest BCUT2D eigenvalue weighted by atomic mass is 28.4. The molecule has 1 aromatic carbocycles. The number of ether oxygens (including phenoxy) is 2. The van der Waals surface area contributed by atoms with Crippen molar-refractivity contribution in [2.45, 2.75) is 95.1 Å². The predicted molar refractivity (Wildman–Crippen MR) is 136 cm³/mol. The van der Waals surface area contributed by atoms with Crippen LogP contribution >= 0.6 is 0 Å². The van der Waals surface area contributed by atoms with Gasteiger partial charge < -0.3 is 19.0 Å². The number of aliphatic hydroxyl groups is 1. The van der Waals surface area contributed by atoms with Crippen molar-refractivity contribution in [1.29, 1.82) is 0 Å². The Balaban J connectivity index is 2.34. The monoisotopic (exact) mass is 462 g/mol. The summed E-state index contributed by atoms with van der Waals surface area (Å²) in [5.74, 6) is -0.0854. The van der Waals surface area contributed by atoms with Crippen LogP contribution in [0.3, 0.4) is 0 Å². The second-order valence-corrected chi connectivity index (χ2v) is 15.5. The third-order valence-electron chi connectivity index (χ3n) is 7.29. The quantitative estimate of drug-likeness (QED) is 0.214. The van der Waals surface area contributed by atoms with Crippen LogP contribution in [0.2, 0.25) is 18.1 Å². The average Bonchev–Trinajstić information content (AvgIpc) is 3.03. The van der Waals surface area contributed by atoms with Crippen LogP contribution in [0.1, 0.15) is 69.9 Å². The van der Waals surface area contributed by atoms with Crippen molar-refractivity contribution in [2.75, 3.05) is 27.4 Å². The molecule has 0 radical (unpaired) electrons. The van der Waals surface area contributed by atoms with Crippen LogP contribution in [0, 0.1) is 0 Å². The van der Waals surface area contributed by atoms with Crippen molar-refractivity contribution in [3.05, 3.63) is 47.5 Å². The molecule has 4 nitrogen and oxygen atoms in total. The van der Waals surface area contributed by atoms with Gasteiger partial charge in [0.25, 0.3) is 0 Å². The van der Waals surface area contributed by atoms with Crippen LogP contribution in [0.25, 0.3) is 0 Å². The second kappa shape index (κ2) is 11.9. The maximum atomic E-state index is 11.9. The standard InChI is InChI=1S/C27H46O4Si/c1-26(2,3)32(6,7)31-24-17-19-27(28,18-11-13-21-30-5)25(24)23-16-9-8-14-22(23)15-10-12-20-29-4/h8-9,14,16-17,19,24-25,28H,10-13,15,18,20-21H2,1-7H3/t24-,25+,27+/m1/s1. The van der Waals surface area contributed by atoms with Crippen molar-refractivity contribution in [1.82, 2.24) is 0 Å². The van der Waals surface area contributed by atoms with Crippen molar-refractivity contribution in [3.8, 4) is 0 Å². The van der Waals surface area contributed by atoms with Gasteiger partial charge in [0.1, 0.15) is 0 Å². The largest absolute Gasteiger partial charge is 0.410 e. The van der Waals surface area contributed by atoms with E-state index >= 15 is 0 Å². The summed E-state index contributed by atoms with van der Waals surface area (Å²) in [7, 11) is 1.48. The molecule has 32 heavy (non-hydrogen) atoms. The van der Waals surface area contributed by atoms with E-state index in [0.29, 0.717) is 6.42 Å². The zero-order valence-corrected chi connectivity index (χ0v) is 22.4. The molecule has 1 aromatic rings. The Morgan fingerprint density at radius 2 is 1.59 bits per heavy atom. The predicted octanol–water partition coefficient (Wildman–Crippen LogP) is 6.25. The van der Waals surface area contributed by atoms with E-state index in [1.54, 1.807) is 14.2 Å². The third-order valence-corrected chi connectivity index (χ3v) is 11.8. The minimum atomic E-state index is -2.00. The van der Waals surface area contributed by atoms with Crippen LogP contribution in [0.5, 0.6) is 0 Å². The molecule has 3 atom stereocenters. The van der Waals surface area contributed by atoms with E-state index in [4.69, 9.17) is 13.9 Å². The molecular formula is C27H46O4Si. The van der Waals surface area contributed by atoms with Crippen LogP contribution in [0.4, 0.5) is 0 Å². The van der Waals surface area contributed by atoms with Crippen LogP contribution in [-0.2, 0) is 20.3 Å². The molecule has 0 heterocycles. The molecule has 2 rings (SSSR count). The van der Waals surface area contributed by atoms with Crippen molar-refractivity contribution in [3.63, 3.8) is 0 Å². The lowest BCUT2D eigenvalue weighted by molar-refractivity contribution is 0.0244. The molecule has 0 unspecified atom stereocenters. The molecular weight excluding hydrogens is 416 g/mol. The molecule has 1 aliphatic rings. The third kappa shape index (κ3) is 7.01. The Kier molecular flexibility index (Phi) is 10.2. The Hall–Kier alpha value is -0.983. The van der Waals surface area contributed by atoms with E-state index in [1.165, 1.54) is 11.1 Å². The summed E-state index contributed by atoms with van der Waals surface area (Å²) in [5, 5.41) is 12.0. The summed E-state index contributed by atoms with van der Waals surface area (Å²) in [6.45, 7) is 12.9. The van der Waals surface area contributed by atoms with Gasteiger partial charge in [-0.05, 0) is 67.8 Å². The van der Waals surface area contributed by atoms with Gasteiger partial charge in [-0.25, -0.2) is 0 Å². The zero-order chi connectivity index (χ0) is 23.8. The Labute approximate surface area is 197 Å². The molecule has 0 fully saturated rings. The number of hydrogen-bond donors (Lipinski definition) is 1. The molecule has 0 saturated heterocycles. The molecule has 0 aliphatic heterocycles. The molecule has 0 amide bonds. The van der Waals surface area contributed by atoms with Gasteiger partial charge in [0.05, 0.1) is 11.7 Å². The summed E-state index contributed by atoms with van der Waals surface area (Å²) >= 11 is 0. The van der Waals surface area contributed by atoms with Gasteiger partial charge in [0, 0.05) is 33.4 Å². The van der Waals surface area contributed by atoms with E-state index in [0.717, 1.165) is 45.3 Å². The fourth-order valence-corrected chi connectivity index (χ4v) is 5.60. The summed E-state index contributed by atoms with van der Waals surface area (Å²) in [5.41, 5.74) is 1.65. The highest BCUT2D eigenvalue weighted by Crippen LogP contribution is 2.47. The van der Waals surface area contributed by atoms with Gasteiger partial charge in [0.2, 0.25) is 0 Å². The number of unbranched alkanes of at least 4 members (excludes halogenated alkanes) is 2. The average molecular weight is 463 g/mol. The SMILES string of the molecule is COCCCCc1ccccc1[C@H]1[C@H](O[Si](C)(C)C(C)(C)C)C=C[C@@]1(O)CCCCOC. The van der Waals surface area contributed by atoms with Gasteiger partial charge in [-0.3, -0.25) is 0 Å². The maximum absolute atomic E-state index is 11.9. The van der Waals surface area contributed by atoms with Crippen molar-refractivity contribution >= 4 is 8.32 Å². The minimum absolute atomic E-state index is 0.0854. The van der Waals surface area contributed by atoms with E-state index < -0.39 is 13.9 Å². The summed E-state index contributed by atoms with van der Waals surface area (Å²) in [6.07, 6.45) is 9.73. The van der Waals surface area contributed by atoms with Gasteiger partial charge >= 0.3 is 0 Å². The van der Waals surface area contributed by atoms with Gasteiger partial charge in [-0.2, -0.15) is 0 Å². The summed E-state index contributed by atoms with van der Waals surface area (Å²) in [4.78, 5) is 0. The summed E-state index contributed by atoms with van der Waals surface area (Å²) in [6, 6.07) is 8.63. The zero-order valence-electron chi connectivity index (χ0n) is 21.4. The number of benzene rings is 1. The lowest BCUT2D eigenvalue weighted by Crippen LogP contribution is -2.47. The molecule has 0 saturated carbocycles. The van der Waals surface area contributed by atoms with Gasteiger partial charge in [-0.1, -0.05) is 57.2 Å². The Bertz CT molecular complexity index is 725. The van der Waals surface area contributed by atoms with E-state index in [2.05, 4.69) is 64.2 Å². The number of hydrogen-bond acceptors (Lipinski definition) is 4. The molecule has 0 bridgehead atoms. The first-order chi connectivity index (χ1) is 15.1. The number of aryl methyl sites for hydroxylation is 1. The molecule has 0 aromatic heterocycles. The van der Waals surface area contributed by atoms with E-state index in [1.807, 2.05) is 6.08 Å². The molecule has 1 N–H and O–H groups in total. The number of methoxy groups -OCH3 is 2. The minimum Gasteiger partial charge on any atom is -0.410 e. The lowest BCUT2D eigenvalue weighted by atomic mass is 9.78. The van der Waals surface area contributed by atoms with Crippen LogP contribution in [-0.4, -0.2) is 52.6 Å². The topological polar surface area (TPSA) is 47.9 Å². The highest BCUT2D eigenvalue weighted by molar-refractivity contribution is 6.74. The second-order valence-electron chi connectivity index (χ2n) is 10.8. The van der Waals surface area contributed by atoms with E-state index in [9.17, 15) is 5.11 Å². The first-order valence-corrected chi connectivity index (χ1v) is 15.1. The molecule has 182 valence electrons. The van der Waals surface area contributed by atoms with Gasteiger partial charge in [-0.15, -0.1) is 0 Å². The van der Waals surface area contributed by atoms with Crippen molar-refractivity contribution in [2.24, 2.45) is 0 Å². The highest BCUT2D eigenvalue weighted by Gasteiger charge is 2.48. The maximum Gasteiger partial charge on any atom is 0.192 e. The Morgan fingerprint density at radius 3 is 2.22 bits per heavy atom. The molecule has 1 aliphatic carbocycles. The fraction of sp³-hybridized carbons (Fsp3) is 0.704. The lowest BCUT2D eigenvalue weighted by Gasteiger charge is -2.42. The molecule has 0 spiro atoms. The van der Waals surface area contributed by atoms with E-state index in [-0.39, 0.29) is 17.1 Å². The van der Waals surface area contributed by atoms with Crippen LogP contribution in [0.15, 0.2) is 36.4 Å². The fourth-order valence-electron chi connectivity index (χ4n) is 4.35. The normalized spacial score (nSPS) is 23.8. The smallest absolute Gasteiger partial charge is 0.192 e. The first kappa shape index (κ1) is 27.3. The summed E-state index contributed by atoms with van der Waals surface area (Å²) < 4.78 is 17.4. The molecule has 5 heteroatoms. The first-order valence-electron chi connectivity index (χ1n) is 12.2. The number of rotatable bonds is 13.